The van der Waals surface area contributed by atoms with Crippen LogP contribution in [0.5, 0.6) is 0 Å². The lowest BCUT2D eigenvalue weighted by Crippen LogP contribution is -2.44. The van der Waals surface area contributed by atoms with Gasteiger partial charge in [0.25, 0.3) is 0 Å². The molecule has 0 aromatic carbocycles. The molecule has 1 fully saturated rings. The topological polar surface area (TPSA) is 93.5 Å². The number of hydrogen-bond donors (Lipinski definition) is 2. The molecule has 96 valence electrons. The summed E-state index contributed by atoms with van der Waals surface area (Å²) in [4.78, 5) is 10.8. The van der Waals surface area contributed by atoms with Gasteiger partial charge in [-0.15, -0.1) is 5.10 Å². The van der Waals surface area contributed by atoms with Crippen molar-refractivity contribution in [3.05, 3.63) is 23.9 Å². The van der Waals surface area contributed by atoms with Gasteiger partial charge >= 0.3 is 0 Å². The molecule has 2 N–H and O–H groups in total. The highest BCUT2D eigenvalue weighted by Crippen LogP contribution is 2.15. The molecule has 0 bridgehead atoms. The first-order valence-corrected chi connectivity index (χ1v) is 6.11. The van der Waals surface area contributed by atoms with Crippen LogP contribution >= 0.6 is 0 Å². The second-order valence-corrected chi connectivity index (χ2v) is 4.26. The fraction of sp³-hybridized carbons (Fsp3) is 0.333. The fourth-order valence-electron chi connectivity index (χ4n) is 1.97. The maximum atomic E-state index is 8.73. The molecular formula is C12H13N7. The summed E-state index contributed by atoms with van der Waals surface area (Å²) in [7, 11) is 0. The minimum Gasteiger partial charge on any atom is -0.337 e. The van der Waals surface area contributed by atoms with Crippen LogP contribution < -0.4 is 10.2 Å². The van der Waals surface area contributed by atoms with Crippen LogP contribution in [0.1, 0.15) is 5.56 Å². The highest BCUT2D eigenvalue weighted by molar-refractivity contribution is 5.52. The Morgan fingerprint density at radius 1 is 1.26 bits per heavy atom. The van der Waals surface area contributed by atoms with Crippen LogP contribution in [-0.4, -0.2) is 46.3 Å². The van der Waals surface area contributed by atoms with E-state index in [0.717, 1.165) is 26.2 Å². The van der Waals surface area contributed by atoms with Crippen LogP contribution in [0.3, 0.4) is 0 Å². The quantitative estimate of drug-likeness (QED) is 0.793. The number of rotatable bonds is 2. The predicted octanol–water partition coefficient (Wildman–Crippen LogP) is 0.148. The van der Waals surface area contributed by atoms with E-state index >= 15 is 0 Å². The van der Waals surface area contributed by atoms with Gasteiger partial charge in [0.2, 0.25) is 5.95 Å². The maximum Gasteiger partial charge on any atom is 0.245 e. The van der Waals surface area contributed by atoms with E-state index in [9.17, 15) is 0 Å². The van der Waals surface area contributed by atoms with Crippen LogP contribution in [0.2, 0.25) is 0 Å². The predicted molar refractivity (Wildman–Crippen MR) is 69.4 cm³/mol. The number of H-pyrrole nitrogens is 1. The molecule has 0 saturated carbocycles. The number of nitrogens with zero attached hydrogens (tertiary/aromatic N) is 5. The Morgan fingerprint density at radius 2 is 2.11 bits per heavy atom. The molecule has 7 nitrogen and oxygen atoms in total. The van der Waals surface area contributed by atoms with Crippen LogP contribution in [0, 0.1) is 11.3 Å². The highest BCUT2D eigenvalue weighted by Gasteiger charge is 2.15. The average molecular weight is 255 g/mol. The molecule has 1 aliphatic heterocycles. The lowest BCUT2D eigenvalue weighted by molar-refractivity contribution is 0.580. The molecule has 1 aliphatic rings. The molecule has 2 aromatic rings. The van der Waals surface area contributed by atoms with E-state index in [-0.39, 0.29) is 0 Å². The van der Waals surface area contributed by atoms with Crippen molar-refractivity contribution in [3.63, 3.8) is 0 Å². The number of pyridine rings is 1. The first-order chi connectivity index (χ1) is 9.36. The Morgan fingerprint density at radius 3 is 2.79 bits per heavy atom. The molecule has 1 saturated heterocycles. The zero-order valence-electron chi connectivity index (χ0n) is 10.3. The number of anilines is 1. The van der Waals surface area contributed by atoms with Crippen molar-refractivity contribution < 1.29 is 0 Å². The van der Waals surface area contributed by atoms with Crippen molar-refractivity contribution in [1.82, 2.24) is 25.5 Å². The SMILES string of the molecule is N#Cc1ccc(-c2nc(N3CCNCC3)n[nH]2)nc1. The zero-order valence-corrected chi connectivity index (χ0v) is 10.3. The molecule has 7 heteroatoms. The third-order valence-electron chi connectivity index (χ3n) is 3.01. The molecule has 0 radical (unpaired) electrons. The highest BCUT2D eigenvalue weighted by atomic mass is 15.4. The third kappa shape index (κ3) is 2.39. The van der Waals surface area contributed by atoms with Gasteiger partial charge in [0.1, 0.15) is 11.8 Å². The van der Waals surface area contributed by atoms with E-state index in [1.165, 1.54) is 6.20 Å². The van der Waals surface area contributed by atoms with E-state index in [1.807, 2.05) is 6.07 Å². The minimum atomic E-state index is 0.533. The first-order valence-electron chi connectivity index (χ1n) is 6.11. The van der Waals surface area contributed by atoms with E-state index < -0.39 is 0 Å². The zero-order chi connectivity index (χ0) is 13.1. The summed E-state index contributed by atoms with van der Waals surface area (Å²) in [6.07, 6.45) is 1.53. The van der Waals surface area contributed by atoms with Gasteiger partial charge in [-0.25, -0.2) is 0 Å². The largest absolute Gasteiger partial charge is 0.337 e. The standard InChI is InChI=1S/C12H13N7/c13-7-9-1-2-10(15-8-9)11-16-12(18-17-11)19-5-3-14-4-6-19/h1-2,8,14H,3-6H2,(H,16,17,18). The van der Waals surface area contributed by atoms with E-state index in [1.54, 1.807) is 12.1 Å². The van der Waals surface area contributed by atoms with E-state index in [0.29, 0.717) is 23.0 Å². The molecule has 3 heterocycles. The Hall–Kier alpha value is -2.46. The van der Waals surface area contributed by atoms with Gasteiger partial charge in [0.15, 0.2) is 5.82 Å². The summed E-state index contributed by atoms with van der Waals surface area (Å²) in [6, 6.07) is 5.52. The van der Waals surface area contributed by atoms with Crippen LogP contribution in [0.15, 0.2) is 18.3 Å². The van der Waals surface area contributed by atoms with Gasteiger partial charge in [0, 0.05) is 32.4 Å². The Labute approximate surface area is 110 Å². The second kappa shape index (κ2) is 5.04. The first kappa shape index (κ1) is 11.6. The average Bonchev–Trinajstić information content (AvgIpc) is 2.98. The third-order valence-corrected chi connectivity index (χ3v) is 3.01. The van der Waals surface area contributed by atoms with E-state index in [2.05, 4.69) is 30.4 Å². The van der Waals surface area contributed by atoms with Crippen molar-refractivity contribution in [1.29, 1.82) is 5.26 Å². The van der Waals surface area contributed by atoms with Gasteiger partial charge < -0.3 is 10.2 Å². The Bertz CT molecular complexity index is 589. The van der Waals surface area contributed by atoms with Gasteiger partial charge in [-0.3, -0.25) is 10.1 Å². The second-order valence-electron chi connectivity index (χ2n) is 4.26. The smallest absolute Gasteiger partial charge is 0.245 e. The number of aromatic nitrogens is 4. The molecular weight excluding hydrogens is 242 g/mol. The number of nitrogens with one attached hydrogen (secondary N) is 2. The van der Waals surface area contributed by atoms with Gasteiger partial charge in [-0.2, -0.15) is 10.2 Å². The molecule has 2 aromatic heterocycles. The van der Waals surface area contributed by atoms with Crippen LogP contribution in [0.25, 0.3) is 11.5 Å². The van der Waals surface area contributed by atoms with Crippen molar-refractivity contribution in [2.75, 3.05) is 31.1 Å². The maximum absolute atomic E-state index is 8.73. The Kier molecular flexibility index (Phi) is 3.08. The molecule has 19 heavy (non-hydrogen) atoms. The van der Waals surface area contributed by atoms with Gasteiger partial charge in [-0.05, 0) is 12.1 Å². The van der Waals surface area contributed by atoms with Crippen molar-refractivity contribution in [2.45, 2.75) is 0 Å². The summed E-state index contributed by atoms with van der Waals surface area (Å²) >= 11 is 0. The van der Waals surface area contributed by atoms with E-state index in [4.69, 9.17) is 5.26 Å². The van der Waals surface area contributed by atoms with Gasteiger partial charge in [0.05, 0.1) is 5.56 Å². The summed E-state index contributed by atoms with van der Waals surface area (Å²) < 4.78 is 0. The molecule has 0 amide bonds. The number of piperazine rings is 1. The molecule has 0 atom stereocenters. The Balaban J connectivity index is 1.81. The van der Waals surface area contributed by atoms with Crippen LogP contribution in [0.4, 0.5) is 5.95 Å². The van der Waals surface area contributed by atoms with Crippen molar-refractivity contribution in [2.24, 2.45) is 0 Å². The molecule has 3 rings (SSSR count). The summed E-state index contributed by atoms with van der Waals surface area (Å²) in [5, 5.41) is 19.1. The molecule has 0 unspecified atom stereocenters. The summed E-state index contributed by atoms with van der Waals surface area (Å²) in [6.45, 7) is 3.69. The van der Waals surface area contributed by atoms with Gasteiger partial charge in [-0.1, -0.05) is 0 Å². The lowest BCUT2D eigenvalue weighted by Gasteiger charge is -2.25. The molecule has 0 aliphatic carbocycles. The normalized spacial score (nSPS) is 15.2. The van der Waals surface area contributed by atoms with Crippen molar-refractivity contribution in [3.8, 4) is 17.6 Å². The fourth-order valence-corrected chi connectivity index (χ4v) is 1.97. The minimum absolute atomic E-state index is 0.533. The lowest BCUT2D eigenvalue weighted by atomic mass is 10.2. The van der Waals surface area contributed by atoms with Crippen LogP contribution in [-0.2, 0) is 0 Å². The summed E-state index contributed by atoms with van der Waals surface area (Å²) in [5.74, 6) is 1.32. The summed E-state index contributed by atoms with van der Waals surface area (Å²) in [5.41, 5.74) is 1.22. The number of nitriles is 1. The monoisotopic (exact) mass is 255 g/mol. The number of aromatic amines is 1. The van der Waals surface area contributed by atoms with Crippen molar-refractivity contribution >= 4 is 5.95 Å². The molecule has 0 spiro atoms. The number of hydrogen-bond acceptors (Lipinski definition) is 6.